The van der Waals surface area contributed by atoms with E-state index in [4.69, 9.17) is 9.63 Å². The molecule has 0 saturated carbocycles. The summed E-state index contributed by atoms with van der Waals surface area (Å²) in [7, 11) is 0. The van der Waals surface area contributed by atoms with Crippen LogP contribution in [0.5, 0.6) is 0 Å². The van der Waals surface area contributed by atoms with Gasteiger partial charge in [0.15, 0.2) is 5.76 Å². The maximum atomic E-state index is 8.67. The molecule has 0 radical (unpaired) electrons. The fourth-order valence-electron chi connectivity index (χ4n) is 1.09. The number of hydrogen-bond donors (Lipinski definition) is 2. The van der Waals surface area contributed by atoms with Crippen molar-refractivity contribution in [2.75, 3.05) is 13.1 Å². The minimum absolute atomic E-state index is 0.0624. The van der Waals surface area contributed by atoms with Crippen LogP contribution in [0, 0.1) is 0 Å². The van der Waals surface area contributed by atoms with E-state index >= 15 is 0 Å². The van der Waals surface area contributed by atoms with Crippen LogP contribution in [-0.2, 0) is 6.61 Å². The number of aliphatic hydroxyl groups is 1. The summed E-state index contributed by atoms with van der Waals surface area (Å²) in [6.45, 7) is 1.88. The Morgan fingerprint density at radius 1 is 1.73 bits per heavy atom. The maximum absolute atomic E-state index is 8.67. The summed E-state index contributed by atoms with van der Waals surface area (Å²) >= 11 is 0. The van der Waals surface area contributed by atoms with E-state index in [1.165, 1.54) is 0 Å². The second-order valence-electron chi connectivity index (χ2n) is 2.73. The monoisotopic (exact) mass is 154 g/mol. The van der Waals surface area contributed by atoms with Gasteiger partial charge >= 0.3 is 0 Å². The summed E-state index contributed by atoms with van der Waals surface area (Å²) < 4.78 is 4.84. The lowest BCUT2D eigenvalue weighted by atomic mass is 9.99. The van der Waals surface area contributed by atoms with E-state index in [2.05, 4.69) is 10.5 Å². The summed E-state index contributed by atoms with van der Waals surface area (Å²) in [5.74, 6) is 1.03. The number of rotatable bonds is 2. The van der Waals surface area contributed by atoms with Gasteiger partial charge in [-0.25, -0.2) is 0 Å². The van der Waals surface area contributed by atoms with Crippen LogP contribution in [0.4, 0.5) is 0 Å². The molecule has 1 aliphatic rings. The van der Waals surface area contributed by atoms with Crippen molar-refractivity contribution in [1.29, 1.82) is 0 Å². The molecule has 1 fully saturated rings. The van der Waals surface area contributed by atoms with E-state index in [0.717, 1.165) is 18.8 Å². The van der Waals surface area contributed by atoms with Gasteiger partial charge in [-0.1, -0.05) is 5.16 Å². The molecular formula is C7H10N2O2. The molecule has 1 saturated heterocycles. The smallest absolute Gasteiger partial charge is 0.162 e. The van der Waals surface area contributed by atoms with Gasteiger partial charge in [-0.3, -0.25) is 0 Å². The minimum Gasteiger partial charge on any atom is -0.388 e. The number of nitrogens with one attached hydrogen (secondary N) is 1. The van der Waals surface area contributed by atoms with Crippen LogP contribution in [0.2, 0.25) is 0 Å². The largest absolute Gasteiger partial charge is 0.388 e. The average Bonchev–Trinajstić information content (AvgIpc) is 2.32. The van der Waals surface area contributed by atoms with Gasteiger partial charge in [0.2, 0.25) is 0 Å². The molecular weight excluding hydrogens is 144 g/mol. The Morgan fingerprint density at radius 3 is 3.00 bits per heavy atom. The summed E-state index contributed by atoms with van der Waals surface area (Å²) in [6, 6.07) is 1.81. The first-order chi connectivity index (χ1) is 5.40. The van der Waals surface area contributed by atoms with Crippen LogP contribution in [0.15, 0.2) is 10.6 Å². The van der Waals surface area contributed by atoms with Gasteiger partial charge in [-0.05, 0) is 0 Å². The highest BCUT2D eigenvalue weighted by molar-refractivity contribution is 5.13. The van der Waals surface area contributed by atoms with Crippen molar-refractivity contribution in [2.24, 2.45) is 0 Å². The second kappa shape index (κ2) is 2.64. The SMILES string of the molecule is OCc1cc(C2CNC2)no1. The summed E-state index contributed by atoms with van der Waals surface area (Å²) in [5, 5.41) is 15.7. The number of aromatic nitrogens is 1. The average molecular weight is 154 g/mol. The fourth-order valence-corrected chi connectivity index (χ4v) is 1.09. The molecule has 2 rings (SSSR count). The summed E-state index contributed by atoms with van der Waals surface area (Å²) in [5.41, 5.74) is 0.952. The van der Waals surface area contributed by atoms with E-state index in [1.807, 2.05) is 6.07 Å². The van der Waals surface area contributed by atoms with E-state index in [1.54, 1.807) is 0 Å². The van der Waals surface area contributed by atoms with Gasteiger partial charge in [0, 0.05) is 25.1 Å². The first-order valence-electron chi connectivity index (χ1n) is 3.67. The Kier molecular flexibility index (Phi) is 1.63. The molecule has 0 aliphatic carbocycles. The van der Waals surface area contributed by atoms with Gasteiger partial charge < -0.3 is 14.9 Å². The molecule has 2 heterocycles. The predicted molar refractivity (Wildman–Crippen MR) is 38.0 cm³/mol. The summed E-state index contributed by atoms with van der Waals surface area (Å²) in [4.78, 5) is 0. The fraction of sp³-hybridized carbons (Fsp3) is 0.571. The summed E-state index contributed by atoms with van der Waals surface area (Å²) in [6.07, 6.45) is 0. The van der Waals surface area contributed by atoms with Crippen LogP contribution in [0.1, 0.15) is 17.4 Å². The molecule has 60 valence electrons. The van der Waals surface area contributed by atoms with Gasteiger partial charge in [0.25, 0.3) is 0 Å². The van der Waals surface area contributed by atoms with Crippen molar-refractivity contribution in [3.8, 4) is 0 Å². The molecule has 0 unspecified atom stereocenters. The molecule has 4 nitrogen and oxygen atoms in total. The zero-order valence-corrected chi connectivity index (χ0v) is 6.08. The third-order valence-corrected chi connectivity index (χ3v) is 1.93. The van der Waals surface area contributed by atoms with E-state index < -0.39 is 0 Å². The topological polar surface area (TPSA) is 58.3 Å². The maximum Gasteiger partial charge on any atom is 0.162 e. The molecule has 0 aromatic carbocycles. The first kappa shape index (κ1) is 6.82. The predicted octanol–water partition coefficient (Wildman–Crippen LogP) is -0.146. The van der Waals surface area contributed by atoms with Crippen LogP contribution in [0.3, 0.4) is 0 Å². The molecule has 0 amide bonds. The Labute approximate surface area is 64.2 Å². The first-order valence-corrected chi connectivity index (χ1v) is 3.67. The van der Waals surface area contributed by atoms with Crippen LogP contribution in [0.25, 0.3) is 0 Å². The number of aliphatic hydroxyl groups excluding tert-OH is 1. The third-order valence-electron chi connectivity index (χ3n) is 1.93. The van der Waals surface area contributed by atoms with E-state index in [9.17, 15) is 0 Å². The Hall–Kier alpha value is -0.870. The Morgan fingerprint density at radius 2 is 2.55 bits per heavy atom. The molecule has 0 atom stereocenters. The zero-order chi connectivity index (χ0) is 7.68. The van der Waals surface area contributed by atoms with Crippen LogP contribution >= 0.6 is 0 Å². The number of nitrogens with zero attached hydrogens (tertiary/aromatic N) is 1. The van der Waals surface area contributed by atoms with Gasteiger partial charge in [0.05, 0.1) is 5.69 Å². The quantitative estimate of drug-likeness (QED) is 0.622. The van der Waals surface area contributed by atoms with Gasteiger partial charge in [-0.2, -0.15) is 0 Å². The Bertz CT molecular complexity index is 242. The van der Waals surface area contributed by atoms with Crippen molar-refractivity contribution in [1.82, 2.24) is 10.5 Å². The van der Waals surface area contributed by atoms with Crippen molar-refractivity contribution in [3.63, 3.8) is 0 Å². The molecule has 0 spiro atoms. The standard InChI is InChI=1S/C7H10N2O2/c10-4-6-1-7(9-11-6)5-2-8-3-5/h1,5,8,10H,2-4H2. The van der Waals surface area contributed by atoms with Gasteiger partial charge in [-0.15, -0.1) is 0 Å². The second-order valence-corrected chi connectivity index (χ2v) is 2.73. The highest BCUT2D eigenvalue weighted by Gasteiger charge is 2.22. The highest BCUT2D eigenvalue weighted by Crippen LogP contribution is 2.18. The lowest BCUT2D eigenvalue weighted by Crippen LogP contribution is -2.40. The van der Waals surface area contributed by atoms with Crippen molar-refractivity contribution >= 4 is 0 Å². The normalized spacial score (nSPS) is 18.3. The molecule has 1 aromatic heterocycles. The molecule has 2 N–H and O–H groups in total. The molecule has 1 aromatic rings. The molecule has 1 aliphatic heterocycles. The lowest BCUT2D eigenvalue weighted by molar-refractivity contribution is 0.227. The minimum atomic E-state index is -0.0624. The van der Waals surface area contributed by atoms with Crippen LogP contribution in [-0.4, -0.2) is 23.4 Å². The van der Waals surface area contributed by atoms with E-state index in [0.29, 0.717) is 11.7 Å². The Balaban J connectivity index is 2.11. The van der Waals surface area contributed by atoms with Gasteiger partial charge in [0.1, 0.15) is 6.61 Å². The molecule has 11 heavy (non-hydrogen) atoms. The van der Waals surface area contributed by atoms with E-state index in [-0.39, 0.29) is 6.61 Å². The number of hydrogen-bond acceptors (Lipinski definition) is 4. The molecule has 0 bridgehead atoms. The van der Waals surface area contributed by atoms with Crippen molar-refractivity contribution in [2.45, 2.75) is 12.5 Å². The molecule has 4 heteroatoms. The highest BCUT2D eigenvalue weighted by atomic mass is 16.5. The zero-order valence-electron chi connectivity index (χ0n) is 6.08. The van der Waals surface area contributed by atoms with Crippen molar-refractivity contribution < 1.29 is 9.63 Å². The third kappa shape index (κ3) is 1.15. The van der Waals surface area contributed by atoms with Crippen molar-refractivity contribution in [3.05, 3.63) is 17.5 Å². The lowest BCUT2D eigenvalue weighted by Gasteiger charge is -2.24. The van der Waals surface area contributed by atoms with Crippen LogP contribution < -0.4 is 5.32 Å².